The zero-order valence-corrected chi connectivity index (χ0v) is 19.1. The van der Waals surface area contributed by atoms with Gasteiger partial charge in [-0.15, -0.1) is 0 Å². The highest BCUT2D eigenvalue weighted by Crippen LogP contribution is 2.20. The normalized spacial score (nSPS) is 10.6. The lowest BCUT2D eigenvalue weighted by Crippen LogP contribution is -2.27. The molecule has 0 atom stereocenters. The van der Waals surface area contributed by atoms with E-state index in [2.05, 4.69) is 26.6 Å². The molecule has 3 rings (SSSR count). The van der Waals surface area contributed by atoms with E-state index in [1.807, 2.05) is 44.2 Å². The zero-order chi connectivity index (χ0) is 22.2. The first-order chi connectivity index (χ1) is 14.9. The van der Waals surface area contributed by atoms with Gasteiger partial charge in [0.15, 0.2) is 0 Å². The molecule has 3 aromatic carbocycles. The molecular weight excluding hydrogens is 456 g/mol. The molecule has 2 N–H and O–H groups in total. The molecule has 0 aliphatic rings. The van der Waals surface area contributed by atoms with Gasteiger partial charge in [0.25, 0.3) is 11.8 Å². The van der Waals surface area contributed by atoms with Crippen molar-refractivity contribution in [3.63, 3.8) is 0 Å². The van der Waals surface area contributed by atoms with Crippen molar-refractivity contribution in [3.05, 3.63) is 94.0 Å². The average Bonchev–Trinajstić information content (AvgIpc) is 2.75. The van der Waals surface area contributed by atoms with Crippen molar-refractivity contribution in [2.75, 3.05) is 11.9 Å². The SMILES string of the molecule is CC(C)Oc1ccc(CCNC(=O)c2ccccc2NC(=O)c2ccccc2Br)cc1. The lowest BCUT2D eigenvalue weighted by molar-refractivity contribution is 0.0955. The molecule has 2 amide bonds. The lowest BCUT2D eigenvalue weighted by atomic mass is 10.1. The Balaban J connectivity index is 1.60. The van der Waals surface area contributed by atoms with Gasteiger partial charge in [-0.05, 0) is 78.2 Å². The molecule has 0 radical (unpaired) electrons. The highest BCUT2D eigenvalue weighted by atomic mass is 79.9. The molecule has 0 saturated heterocycles. The molecule has 6 heteroatoms. The van der Waals surface area contributed by atoms with E-state index in [-0.39, 0.29) is 17.9 Å². The number of halogens is 1. The summed E-state index contributed by atoms with van der Waals surface area (Å²) < 4.78 is 6.34. The van der Waals surface area contributed by atoms with Crippen molar-refractivity contribution in [2.45, 2.75) is 26.4 Å². The fourth-order valence-corrected chi connectivity index (χ4v) is 3.51. The van der Waals surface area contributed by atoms with Gasteiger partial charge >= 0.3 is 0 Å². The van der Waals surface area contributed by atoms with Gasteiger partial charge in [0, 0.05) is 11.0 Å². The Morgan fingerprint density at radius 1 is 0.871 bits per heavy atom. The maximum absolute atomic E-state index is 12.7. The second-order valence-electron chi connectivity index (χ2n) is 7.30. The van der Waals surface area contributed by atoms with E-state index in [1.165, 1.54) is 0 Å². The van der Waals surface area contributed by atoms with Crippen LogP contribution in [0, 0.1) is 0 Å². The van der Waals surface area contributed by atoms with Crippen LogP contribution < -0.4 is 15.4 Å². The van der Waals surface area contributed by atoms with Crippen molar-refractivity contribution < 1.29 is 14.3 Å². The molecule has 0 fully saturated rings. The summed E-state index contributed by atoms with van der Waals surface area (Å²) in [6.45, 7) is 4.46. The number of para-hydroxylation sites is 1. The van der Waals surface area contributed by atoms with E-state index >= 15 is 0 Å². The molecule has 0 aliphatic carbocycles. The molecule has 0 heterocycles. The van der Waals surface area contributed by atoms with Crippen LogP contribution in [0.15, 0.2) is 77.3 Å². The predicted octanol–water partition coefficient (Wildman–Crippen LogP) is 5.46. The maximum Gasteiger partial charge on any atom is 0.256 e. The molecule has 0 bridgehead atoms. The van der Waals surface area contributed by atoms with Crippen LogP contribution in [-0.2, 0) is 6.42 Å². The van der Waals surface area contributed by atoms with Crippen molar-refractivity contribution in [1.82, 2.24) is 5.32 Å². The zero-order valence-electron chi connectivity index (χ0n) is 17.5. The van der Waals surface area contributed by atoms with Crippen LogP contribution in [0.25, 0.3) is 0 Å². The molecule has 160 valence electrons. The molecule has 0 spiro atoms. The highest BCUT2D eigenvalue weighted by Gasteiger charge is 2.15. The first-order valence-electron chi connectivity index (χ1n) is 10.1. The molecular formula is C25H25BrN2O3. The quantitative estimate of drug-likeness (QED) is 0.449. The fourth-order valence-electron chi connectivity index (χ4n) is 3.05. The Morgan fingerprint density at radius 2 is 1.52 bits per heavy atom. The third-order valence-electron chi connectivity index (χ3n) is 4.53. The fraction of sp³-hybridized carbons (Fsp3) is 0.200. The number of rotatable bonds is 8. The van der Waals surface area contributed by atoms with Crippen molar-refractivity contribution >= 4 is 33.4 Å². The molecule has 0 aliphatic heterocycles. The van der Waals surface area contributed by atoms with E-state index in [1.54, 1.807) is 42.5 Å². The van der Waals surface area contributed by atoms with Crippen LogP contribution in [0.4, 0.5) is 5.69 Å². The van der Waals surface area contributed by atoms with Gasteiger partial charge in [0.2, 0.25) is 0 Å². The van der Waals surface area contributed by atoms with Crippen LogP contribution in [-0.4, -0.2) is 24.5 Å². The van der Waals surface area contributed by atoms with Gasteiger partial charge in [0.05, 0.1) is 22.9 Å². The minimum atomic E-state index is -0.281. The minimum absolute atomic E-state index is 0.133. The topological polar surface area (TPSA) is 67.4 Å². The van der Waals surface area contributed by atoms with E-state index in [0.29, 0.717) is 34.3 Å². The Labute approximate surface area is 191 Å². The summed E-state index contributed by atoms with van der Waals surface area (Å²) in [6, 6.07) is 22.0. The number of carbonyl (C=O) groups excluding carboxylic acids is 2. The van der Waals surface area contributed by atoms with Gasteiger partial charge < -0.3 is 15.4 Å². The van der Waals surface area contributed by atoms with Crippen molar-refractivity contribution in [1.29, 1.82) is 0 Å². The second-order valence-corrected chi connectivity index (χ2v) is 8.15. The summed E-state index contributed by atoms with van der Waals surface area (Å²) in [7, 11) is 0. The molecule has 0 saturated carbocycles. The largest absolute Gasteiger partial charge is 0.491 e. The third-order valence-corrected chi connectivity index (χ3v) is 5.22. The van der Waals surface area contributed by atoms with Crippen molar-refractivity contribution in [3.8, 4) is 5.75 Å². The third kappa shape index (κ3) is 6.43. The van der Waals surface area contributed by atoms with Gasteiger partial charge in [-0.3, -0.25) is 9.59 Å². The number of benzene rings is 3. The minimum Gasteiger partial charge on any atom is -0.491 e. The number of hydrogen-bond donors (Lipinski definition) is 2. The van der Waals surface area contributed by atoms with Crippen LogP contribution in [0.5, 0.6) is 5.75 Å². The van der Waals surface area contributed by atoms with Crippen molar-refractivity contribution in [2.24, 2.45) is 0 Å². The van der Waals surface area contributed by atoms with E-state index in [4.69, 9.17) is 4.74 Å². The Morgan fingerprint density at radius 3 is 2.19 bits per heavy atom. The molecule has 3 aromatic rings. The van der Waals surface area contributed by atoms with E-state index < -0.39 is 0 Å². The smallest absolute Gasteiger partial charge is 0.256 e. The summed E-state index contributed by atoms with van der Waals surface area (Å²) in [6.07, 6.45) is 0.827. The predicted molar refractivity (Wildman–Crippen MR) is 127 cm³/mol. The first kappa shape index (κ1) is 22.6. The van der Waals surface area contributed by atoms with Gasteiger partial charge in [0.1, 0.15) is 5.75 Å². The first-order valence-corrected chi connectivity index (χ1v) is 10.9. The van der Waals surface area contributed by atoms with E-state index in [0.717, 1.165) is 11.3 Å². The van der Waals surface area contributed by atoms with E-state index in [9.17, 15) is 9.59 Å². The monoisotopic (exact) mass is 480 g/mol. The number of carbonyl (C=O) groups is 2. The standard InChI is InChI=1S/C25H25BrN2O3/c1-17(2)31-19-13-11-18(12-14-19)15-16-27-24(29)21-8-4-6-10-23(21)28-25(30)20-7-3-5-9-22(20)26/h3-14,17H,15-16H2,1-2H3,(H,27,29)(H,28,30). The summed E-state index contributed by atoms with van der Waals surface area (Å²) in [5.74, 6) is 0.316. The second kappa shape index (κ2) is 10.8. The molecule has 31 heavy (non-hydrogen) atoms. The number of ether oxygens (including phenoxy) is 1. The Kier molecular flexibility index (Phi) is 7.84. The summed E-state index contributed by atoms with van der Waals surface area (Å²) in [5, 5.41) is 5.76. The highest BCUT2D eigenvalue weighted by molar-refractivity contribution is 9.10. The van der Waals surface area contributed by atoms with Gasteiger partial charge in [-0.2, -0.15) is 0 Å². The van der Waals surface area contributed by atoms with Gasteiger partial charge in [-0.25, -0.2) is 0 Å². The van der Waals surface area contributed by atoms with Crippen LogP contribution in [0.1, 0.15) is 40.1 Å². The number of hydrogen-bond acceptors (Lipinski definition) is 3. The lowest BCUT2D eigenvalue weighted by Gasteiger charge is -2.12. The molecule has 0 unspecified atom stereocenters. The number of anilines is 1. The average molecular weight is 481 g/mol. The Bertz CT molecular complexity index is 1050. The van der Waals surface area contributed by atoms with Crippen LogP contribution >= 0.6 is 15.9 Å². The molecule has 0 aromatic heterocycles. The summed E-state index contributed by atoms with van der Waals surface area (Å²) in [4.78, 5) is 25.3. The van der Waals surface area contributed by atoms with Crippen LogP contribution in [0.2, 0.25) is 0 Å². The Hall–Kier alpha value is -3.12. The summed E-state index contributed by atoms with van der Waals surface area (Å²) >= 11 is 3.38. The summed E-state index contributed by atoms with van der Waals surface area (Å²) in [5.41, 5.74) is 2.49. The molecule has 5 nitrogen and oxygen atoms in total. The number of amides is 2. The number of nitrogens with one attached hydrogen (secondary N) is 2. The van der Waals surface area contributed by atoms with Crippen LogP contribution in [0.3, 0.4) is 0 Å². The maximum atomic E-state index is 12.7. The van der Waals surface area contributed by atoms with Gasteiger partial charge in [-0.1, -0.05) is 36.4 Å².